The zero-order valence-electron chi connectivity index (χ0n) is 20.4. The second kappa shape index (κ2) is 12.2. The average molecular weight is 493 g/mol. The van der Waals surface area contributed by atoms with E-state index < -0.39 is 6.04 Å². The van der Waals surface area contributed by atoms with E-state index >= 15 is 0 Å². The van der Waals surface area contributed by atoms with Crippen LogP contribution in [0.4, 0.5) is 5.82 Å². The number of carbonyl (C=O) groups is 3. The van der Waals surface area contributed by atoms with Crippen molar-refractivity contribution < 1.29 is 23.3 Å². The lowest BCUT2D eigenvalue weighted by atomic mass is 9.94. The first-order valence-corrected chi connectivity index (χ1v) is 12.4. The van der Waals surface area contributed by atoms with Crippen molar-refractivity contribution in [3.8, 4) is 0 Å². The third kappa shape index (κ3) is 6.84. The van der Waals surface area contributed by atoms with Crippen LogP contribution in [0, 0.1) is 6.92 Å². The van der Waals surface area contributed by atoms with E-state index in [1.54, 1.807) is 25.1 Å². The molecule has 3 aromatic rings. The molecule has 0 saturated heterocycles. The summed E-state index contributed by atoms with van der Waals surface area (Å²) in [7, 11) is 0. The molecule has 1 fully saturated rings. The van der Waals surface area contributed by atoms with E-state index in [0.717, 1.165) is 25.7 Å². The van der Waals surface area contributed by atoms with Gasteiger partial charge in [-0.05, 0) is 37.5 Å². The molecule has 0 spiro atoms. The highest BCUT2D eigenvalue weighted by molar-refractivity contribution is 5.94. The number of furan rings is 1. The summed E-state index contributed by atoms with van der Waals surface area (Å²) in [5, 5.41) is 9.55. The minimum absolute atomic E-state index is 0.0643. The number of benzene rings is 1. The fourth-order valence-electron chi connectivity index (χ4n) is 4.52. The molecule has 0 unspecified atom stereocenters. The van der Waals surface area contributed by atoms with Gasteiger partial charge in [-0.3, -0.25) is 14.4 Å². The van der Waals surface area contributed by atoms with Gasteiger partial charge in [-0.1, -0.05) is 54.8 Å². The Kier molecular flexibility index (Phi) is 8.54. The van der Waals surface area contributed by atoms with Gasteiger partial charge in [0.25, 0.3) is 0 Å². The van der Waals surface area contributed by atoms with Crippen LogP contribution in [-0.2, 0) is 20.9 Å². The molecule has 0 aliphatic heterocycles. The minimum atomic E-state index is -0.855. The van der Waals surface area contributed by atoms with Gasteiger partial charge in [0, 0.05) is 24.9 Å². The quantitative estimate of drug-likeness (QED) is 0.430. The van der Waals surface area contributed by atoms with Crippen molar-refractivity contribution in [1.82, 2.24) is 15.4 Å². The van der Waals surface area contributed by atoms with Gasteiger partial charge in [-0.2, -0.15) is 0 Å². The molecule has 1 saturated carbocycles. The van der Waals surface area contributed by atoms with Crippen molar-refractivity contribution in [3.05, 3.63) is 71.9 Å². The van der Waals surface area contributed by atoms with Crippen LogP contribution in [0.15, 0.2) is 63.7 Å². The van der Waals surface area contributed by atoms with E-state index in [2.05, 4.69) is 15.8 Å². The molecule has 2 aromatic heterocycles. The molecule has 0 radical (unpaired) electrons. The van der Waals surface area contributed by atoms with Crippen LogP contribution in [0.1, 0.15) is 68.1 Å². The Morgan fingerprint density at radius 2 is 1.83 bits per heavy atom. The first kappa shape index (κ1) is 25.2. The maximum absolute atomic E-state index is 13.6. The molecular weight excluding hydrogens is 460 g/mol. The molecule has 0 bridgehead atoms. The Morgan fingerprint density at radius 1 is 1.06 bits per heavy atom. The number of carbonyl (C=O) groups excluding carboxylic acids is 3. The molecule has 1 atom stereocenters. The number of hydrogen-bond donors (Lipinski definition) is 2. The number of aryl methyl sites for hydroxylation is 1. The van der Waals surface area contributed by atoms with E-state index in [-0.39, 0.29) is 43.1 Å². The number of rotatable bonds is 10. The molecule has 1 aliphatic carbocycles. The van der Waals surface area contributed by atoms with Gasteiger partial charge in [-0.25, -0.2) is 0 Å². The SMILES string of the molecule is Cc1cc(NC(=O)CCC(=O)N(Cc2ccco2)[C@@H](C(=O)NC2CCCCC2)c2ccccc2)no1. The Balaban J connectivity index is 1.53. The lowest BCUT2D eigenvalue weighted by molar-refractivity contribution is -0.142. The molecule has 36 heavy (non-hydrogen) atoms. The molecule has 2 heterocycles. The third-order valence-corrected chi connectivity index (χ3v) is 6.31. The maximum atomic E-state index is 13.6. The molecule has 3 amide bonds. The summed E-state index contributed by atoms with van der Waals surface area (Å²) in [6, 6.07) is 13.6. The standard InChI is InChI=1S/C27H32N4O5/c1-19-17-23(30-36-19)29-24(32)14-15-25(33)31(18-22-13-8-16-35-22)26(20-9-4-2-5-10-20)27(34)28-21-11-6-3-7-12-21/h2,4-5,8-10,13,16-17,21,26H,3,6-7,11-12,14-15,18H2,1H3,(H,28,34)(H,29,30,32)/t26-/m1/s1. The first-order chi connectivity index (χ1) is 17.5. The van der Waals surface area contributed by atoms with E-state index in [1.807, 2.05) is 30.3 Å². The second-order valence-corrected chi connectivity index (χ2v) is 9.13. The summed E-state index contributed by atoms with van der Waals surface area (Å²) in [6.45, 7) is 1.83. The normalized spacial score (nSPS) is 14.7. The smallest absolute Gasteiger partial charge is 0.247 e. The van der Waals surface area contributed by atoms with Gasteiger partial charge in [-0.15, -0.1) is 0 Å². The molecule has 9 nitrogen and oxygen atoms in total. The van der Waals surface area contributed by atoms with Crippen LogP contribution < -0.4 is 10.6 Å². The third-order valence-electron chi connectivity index (χ3n) is 6.31. The number of nitrogens with zero attached hydrogens (tertiary/aromatic N) is 2. The van der Waals surface area contributed by atoms with Crippen LogP contribution in [0.2, 0.25) is 0 Å². The second-order valence-electron chi connectivity index (χ2n) is 9.13. The largest absolute Gasteiger partial charge is 0.467 e. The number of anilines is 1. The predicted octanol–water partition coefficient (Wildman–Crippen LogP) is 4.51. The summed E-state index contributed by atoms with van der Waals surface area (Å²) < 4.78 is 10.5. The van der Waals surface area contributed by atoms with Crippen LogP contribution in [0.25, 0.3) is 0 Å². The summed E-state index contributed by atoms with van der Waals surface area (Å²) in [6.07, 6.45) is 6.58. The van der Waals surface area contributed by atoms with Crippen LogP contribution >= 0.6 is 0 Å². The fourth-order valence-corrected chi connectivity index (χ4v) is 4.52. The number of nitrogens with one attached hydrogen (secondary N) is 2. The molecule has 190 valence electrons. The fraction of sp³-hybridized carbons (Fsp3) is 0.407. The molecule has 1 aromatic carbocycles. The van der Waals surface area contributed by atoms with Crippen molar-refractivity contribution in [1.29, 1.82) is 0 Å². The highest BCUT2D eigenvalue weighted by atomic mass is 16.5. The monoisotopic (exact) mass is 492 g/mol. The summed E-state index contributed by atoms with van der Waals surface area (Å²) in [5.74, 6) is 0.503. The van der Waals surface area contributed by atoms with Crippen LogP contribution in [0.3, 0.4) is 0 Å². The molecular formula is C27H32N4O5. The van der Waals surface area contributed by atoms with Gasteiger partial charge < -0.3 is 24.5 Å². The van der Waals surface area contributed by atoms with Gasteiger partial charge in [0.05, 0.1) is 12.8 Å². The zero-order chi connectivity index (χ0) is 25.3. The van der Waals surface area contributed by atoms with Gasteiger partial charge in [0.2, 0.25) is 17.7 Å². The highest BCUT2D eigenvalue weighted by Gasteiger charge is 2.33. The van der Waals surface area contributed by atoms with Crippen LogP contribution in [-0.4, -0.2) is 33.8 Å². The van der Waals surface area contributed by atoms with Crippen molar-refractivity contribution in [2.45, 2.75) is 70.5 Å². The topological polar surface area (TPSA) is 118 Å². The Morgan fingerprint density at radius 3 is 2.50 bits per heavy atom. The van der Waals surface area contributed by atoms with E-state index in [4.69, 9.17) is 8.94 Å². The first-order valence-electron chi connectivity index (χ1n) is 12.4. The van der Waals surface area contributed by atoms with Crippen LogP contribution in [0.5, 0.6) is 0 Å². The molecule has 9 heteroatoms. The number of hydrogen-bond acceptors (Lipinski definition) is 6. The lowest BCUT2D eigenvalue weighted by Crippen LogP contribution is -2.46. The Hall–Kier alpha value is -3.88. The molecule has 4 rings (SSSR count). The van der Waals surface area contributed by atoms with Gasteiger partial charge >= 0.3 is 0 Å². The summed E-state index contributed by atoms with van der Waals surface area (Å²) in [5.41, 5.74) is 0.702. The highest BCUT2D eigenvalue weighted by Crippen LogP contribution is 2.27. The van der Waals surface area contributed by atoms with E-state index in [1.165, 1.54) is 17.6 Å². The minimum Gasteiger partial charge on any atom is -0.467 e. The predicted molar refractivity (Wildman–Crippen MR) is 133 cm³/mol. The average Bonchev–Trinajstić information content (AvgIpc) is 3.55. The number of amides is 3. The molecule has 2 N–H and O–H groups in total. The van der Waals surface area contributed by atoms with Crippen molar-refractivity contribution in [2.75, 3.05) is 5.32 Å². The van der Waals surface area contributed by atoms with E-state index in [9.17, 15) is 14.4 Å². The van der Waals surface area contributed by atoms with Crippen molar-refractivity contribution in [2.24, 2.45) is 0 Å². The lowest BCUT2D eigenvalue weighted by Gasteiger charge is -2.33. The van der Waals surface area contributed by atoms with E-state index in [0.29, 0.717) is 22.9 Å². The summed E-state index contributed by atoms with van der Waals surface area (Å²) in [4.78, 5) is 41.1. The Bertz CT molecular complexity index is 1140. The summed E-state index contributed by atoms with van der Waals surface area (Å²) >= 11 is 0. The number of aromatic nitrogens is 1. The van der Waals surface area contributed by atoms with Gasteiger partial charge in [0.15, 0.2) is 5.82 Å². The Labute approximate surface area is 210 Å². The zero-order valence-corrected chi connectivity index (χ0v) is 20.4. The maximum Gasteiger partial charge on any atom is 0.247 e. The molecule has 1 aliphatic rings. The van der Waals surface area contributed by atoms with Crippen molar-refractivity contribution >= 4 is 23.5 Å². The van der Waals surface area contributed by atoms with Gasteiger partial charge in [0.1, 0.15) is 17.6 Å². The van der Waals surface area contributed by atoms with Crippen molar-refractivity contribution in [3.63, 3.8) is 0 Å².